The average molecular weight is 363 g/mol. The first-order valence-corrected chi connectivity index (χ1v) is 9.27. The van der Waals surface area contributed by atoms with Crippen molar-refractivity contribution in [3.05, 3.63) is 54.4 Å². The van der Waals surface area contributed by atoms with E-state index >= 15 is 0 Å². The van der Waals surface area contributed by atoms with Crippen LogP contribution in [-0.2, 0) is 21.4 Å². The molecule has 134 valence electrons. The lowest BCUT2D eigenvalue weighted by Gasteiger charge is -2.11. The molecule has 25 heavy (non-hydrogen) atoms. The van der Waals surface area contributed by atoms with E-state index in [0.717, 1.165) is 5.56 Å². The Hall–Kier alpha value is -2.45. The molecule has 1 aromatic carbocycles. The van der Waals surface area contributed by atoms with Crippen LogP contribution >= 0.6 is 0 Å². The monoisotopic (exact) mass is 363 g/mol. The second-order valence-electron chi connectivity index (χ2n) is 5.59. The van der Waals surface area contributed by atoms with Gasteiger partial charge in [0.2, 0.25) is 15.9 Å². The van der Waals surface area contributed by atoms with Crippen LogP contribution in [0.3, 0.4) is 0 Å². The first-order valence-electron chi connectivity index (χ1n) is 7.79. The maximum absolute atomic E-state index is 12.2. The van der Waals surface area contributed by atoms with Gasteiger partial charge in [-0.15, -0.1) is 0 Å². The molecule has 0 saturated heterocycles. The Labute approximate surface area is 147 Å². The summed E-state index contributed by atoms with van der Waals surface area (Å²) in [6.07, 6.45) is 3.25. The highest BCUT2D eigenvalue weighted by molar-refractivity contribution is 7.89. The van der Waals surface area contributed by atoms with Gasteiger partial charge in [-0.3, -0.25) is 9.78 Å². The Morgan fingerprint density at radius 2 is 1.76 bits per heavy atom. The molecule has 0 bridgehead atoms. The highest BCUT2D eigenvalue weighted by Gasteiger charge is 2.15. The van der Waals surface area contributed by atoms with Crippen LogP contribution in [0, 0.1) is 0 Å². The molecule has 1 heterocycles. The Morgan fingerprint density at radius 3 is 2.36 bits per heavy atom. The molecule has 2 N–H and O–H groups in total. The van der Waals surface area contributed by atoms with Crippen molar-refractivity contribution in [2.45, 2.75) is 31.4 Å². The summed E-state index contributed by atoms with van der Waals surface area (Å²) in [5.41, 5.74) is 0.881. The van der Waals surface area contributed by atoms with Crippen molar-refractivity contribution in [2.75, 3.05) is 6.54 Å². The van der Waals surface area contributed by atoms with Gasteiger partial charge in [-0.05, 0) is 55.8 Å². The summed E-state index contributed by atoms with van der Waals surface area (Å²) < 4.78 is 32.2. The number of ether oxygens (including phenoxy) is 1. The summed E-state index contributed by atoms with van der Waals surface area (Å²) >= 11 is 0. The molecule has 1 aromatic heterocycles. The molecule has 0 fully saturated rings. The Kier molecular flexibility index (Phi) is 6.49. The van der Waals surface area contributed by atoms with Crippen molar-refractivity contribution in [2.24, 2.45) is 0 Å². The van der Waals surface area contributed by atoms with Gasteiger partial charge in [-0.1, -0.05) is 0 Å². The number of aromatic nitrogens is 1. The molecule has 0 unspecified atom stereocenters. The highest BCUT2D eigenvalue weighted by atomic mass is 32.2. The minimum atomic E-state index is -3.76. The fourth-order valence-corrected chi connectivity index (χ4v) is 2.96. The molecule has 7 nitrogen and oxygen atoms in total. The predicted molar refractivity (Wildman–Crippen MR) is 93.5 cm³/mol. The number of hydrogen-bond acceptors (Lipinski definition) is 5. The van der Waals surface area contributed by atoms with E-state index in [9.17, 15) is 13.2 Å². The summed E-state index contributed by atoms with van der Waals surface area (Å²) in [7, 11) is -3.76. The molecular weight excluding hydrogens is 342 g/mol. The minimum absolute atomic E-state index is 0.00433. The maximum atomic E-state index is 12.2. The normalized spacial score (nSPS) is 11.3. The molecule has 0 aliphatic heterocycles. The minimum Gasteiger partial charge on any atom is -0.491 e. The highest BCUT2D eigenvalue weighted by Crippen LogP contribution is 2.16. The molecule has 8 heteroatoms. The van der Waals surface area contributed by atoms with Gasteiger partial charge in [0.05, 0.1) is 17.5 Å². The average Bonchev–Trinajstić information content (AvgIpc) is 2.59. The summed E-state index contributed by atoms with van der Waals surface area (Å²) in [5, 5.41) is 2.64. The van der Waals surface area contributed by atoms with Crippen LogP contribution in [0.4, 0.5) is 0 Å². The number of benzene rings is 1. The van der Waals surface area contributed by atoms with Gasteiger partial charge >= 0.3 is 0 Å². The third-order valence-corrected chi connectivity index (χ3v) is 4.58. The number of hydrogen-bond donors (Lipinski definition) is 2. The number of sulfonamides is 1. The SMILES string of the molecule is CC(C)Oc1ccc(S(=O)(=O)NCC(=O)NCc2ccncc2)cc1. The van der Waals surface area contributed by atoms with Crippen LogP contribution in [0.2, 0.25) is 0 Å². The fraction of sp³-hybridized carbons (Fsp3) is 0.294. The molecule has 1 amide bonds. The molecule has 0 aliphatic carbocycles. The number of nitrogens with zero attached hydrogens (tertiary/aromatic N) is 1. The van der Waals surface area contributed by atoms with Crippen LogP contribution in [0.25, 0.3) is 0 Å². The molecule has 0 aliphatic rings. The molecule has 0 saturated carbocycles. The van der Waals surface area contributed by atoms with Gasteiger partial charge in [0.1, 0.15) is 5.75 Å². The molecule has 2 rings (SSSR count). The molecule has 0 atom stereocenters. The fourth-order valence-electron chi connectivity index (χ4n) is 1.98. The third kappa shape index (κ3) is 6.17. The van der Waals surface area contributed by atoms with Crippen molar-refractivity contribution >= 4 is 15.9 Å². The van der Waals surface area contributed by atoms with Crippen molar-refractivity contribution in [1.29, 1.82) is 0 Å². The summed E-state index contributed by atoms with van der Waals surface area (Å²) in [6, 6.07) is 9.58. The Balaban J connectivity index is 1.87. The lowest BCUT2D eigenvalue weighted by Crippen LogP contribution is -2.36. The summed E-state index contributed by atoms with van der Waals surface area (Å²) in [6.45, 7) is 3.75. The van der Waals surface area contributed by atoms with E-state index in [2.05, 4.69) is 15.0 Å². The van der Waals surface area contributed by atoms with Gasteiger partial charge < -0.3 is 10.1 Å². The van der Waals surface area contributed by atoms with E-state index in [1.807, 2.05) is 13.8 Å². The molecule has 0 spiro atoms. The number of amides is 1. The van der Waals surface area contributed by atoms with Crippen molar-refractivity contribution in [3.8, 4) is 5.75 Å². The summed E-state index contributed by atoms with van der Waals surface area (Å²) in [5.74, 6) is 0.171. The van der Waals surface area contributed by atoms with Gasteiger partial charge in [-0.2, -0.15) is 0 Å². The Morgan fingerprint density at radius 1 is 1.12 bits per heavy atom. The van der Waals surface area contributed by atoms with Crippen LogP contribution in [-0.4, -0.2) is 32.0 Å². The summed E-state index contributed by atoms with van der Waals surface area (Å²) in [4.78, 5) is 15.8. The quantitative estimate of drug-likeness (QED) is 0.740. The van der Waals surface area contributed by atoms with E-state index < -0.39 is 15.9 Å². The predicted octanol–water partition coefficient (Wildman–Crippen LogP) is 1.46. The molecule has 0 radical (unpaired) electrons. The van der Waals surface area contributed by atoms with Gasteiger partial charge in [0, 0.05) is 18.9 Å². The van der Waals surface area contributed by atoms with Crippen LogP contribution in [0.5, 0.6) is 5.75 Å². The largest absolute Gasteiger partial charge is 0.491 e. The van der Waals surface area contributed by atoms with Crippen LogP contribution in [0.15, 0.2) is 53.7 Å². The van der Waals surface area contributed by atoms with Crippen molar-refractivity contribution in [1.82, 2.24) is 15.0 Å². The van der Waals surface area contributed by atoms with Gasteiger partial charge in [0.25, 0.3) is 0 Å². The van der Waals surface area contributed by atoms with Gasteiger partial charge in [-0.25, -0.2) is 13.1 Å². The first kappa shape index (κ1) is 18.9. The first-order chi connectivity index (χ1) is 11.9. The second kappa shape index (κ2) is 8.59. The molecular formula is C17H21N3O4S. The topological polar surface area (TPSA) is 97.4 Å². The lowest BCUT2D eigenvalue weighted by atomic mass is 10.3. The van der Waals surface area contributed by atoms with E-state index in [0.29, 0.717) is 12.3 Å². The number of carbonyl (C=O) groups excluding carboxylic acids is 1. The molecule has 2 aromatic rings. The van der Waals surface area contributed by atoms with Crippen molar-refractivity contribution in [3.63, 3.8) is 0 Å². The van der Waals surface area contributed by atoms with Crippen LogP contribution < -0.4 is 14.8 Å². The zero-order valence-corrected chi connectivity index (χ0v) is 14.9. The zero-order chi connectivity index (χ0) is 18.3. The van der Waals surface area contributed by atoms with E-state index in [-0.39, 0.29) is 17.5 Å². The number of carbonyl (C=O) groups is 1. The second-order valence-corrected chi connectivity index (χ2v) is 7.36. The van der Waals surface area contributed by atoms with E-state index in [4.69, 9.17) is 4.74 Å². The van der Waals surface area contributed by atoms with Crippen molar-refractivity contribution < 1.29 is 17.9 Å². The van der Waals surface area contributed by atoms with E-state index in [1.54, 1.807) is 36.7 Å². The number of rotatable bonds is 8. The standard InChI is InChI=1S/C17H21N3O4S/c1-13(2)24-15-3-5-16(6-4-15)25(22,23)20-12-17(21)19-11-14-7-9-18-10-8-14/h3-10,13,20H,11-12H2,1-2H3,(H,19,21). The smallest absolute Gasteiger partial charge is 0.241 e. The maximum Gasteiger partial charge on any atom is 0.241 e. The number of nitrogens with one attached hydrogen (secondary N) is 2. The van der Waals surface area contributed by atoms with Crippen LogP contribution in [0.1, 0.15) is 19.4 Å². The van der Waals surface area contributed by atoms with E-state index in [1.165, 1.54) is 12.1 Å². The number of pyridine rings is 1. The lowest BCUT2D eigenvalue weighted by molar-refractivity contribution is -0.120. The third-order valence-electron chi connectivity index (χ3n) is 3.17. The zero-order valence-electron chi connectivity index (χ0n) is 14.1. The van der Waals surface area contributed by atoms with Gasteiger partial charge in [0.15, 0.2) is 0 Å². The Bertz CT molecular complexity index is 790.